The van der Waals surface area contributed by atoms with E-state index < -0.39 is 24.5 Å². The molecule has 0 aliphatic heterocycles. The van der Waals surface area contributed by atoms with E-state index >= 15 is 0 Å². The fraction of sp³-hybridized carbons (Fsp3) is 0.0625. The van der Waals surface area contributed by atoms with E-state index in [2.05, 4.69) is 5.32 Å². The van der Waals surface area contributed by atoms with Crippen molar-refractivity contribution in [1.82, 2.24) is 0 Å². The number of carboxylic acids is 2. The zero-order valence-corrected chi connectivity index (χ0v) is 11.8. The molecule has 0 bridgehead atoms. The molecule has 7 heteroatoms. The second kappa shape index (κ2) is 7.08. The van der Waals surface area contributed by atoms with Gasteiger partial charge < -0.3 is 29.9 Å². The quantitative estimate of drug-likeness (QED) is 0.763. The summed E-state index contributed by atoms with van der Waals surface area (Å²) in [6, 6.07) is 11.6. The Balaban J connectivity index is 2.09. The lowest BCUT2D eigenvalue weighted by atomic mass is 10.1. The molecule has 0 fully saturated rings. The first-order valence-corrected chi connectivity index (χ1v) is 6.52. The van der Waals surface area contributed by atoms with Crippen LogP contribution in [0.25, 0.3) is 0 Å². The van der Waals surface area contributed by atoms with Crippen molar-refractivity contribution in [3.05, 3.63) is 59.7 Å². The molecule has 0 radical (unpaired) electrons. The third-order valence-corrected chi connectivity index (χ3v) is 2.86. The molecule has 2 aromatic rings. The summed E-state index contributed by atoms with van der Waals surface area (Å²) in [5, 5.41) is 23.8. The van der Waals surface area contributed by atoms with Gasteiger partial charge in [0, 0.05) is 16.8 Å². The maximum atomic E-state index is 12.1. The van der Waals surface area contributed by atoms with Gasteiger partial charge in [-0.25, -0.2) is 0 Å². The molecule has 0 unspecified atom stereocenters. The van der Waals surface area contributed by atoms with Crippen LogP contribution in [0, 0.1) is 0 Å². The summed E-state index contributed by atoms with van der Waals surface area (Å²) in [7, 11) is 0. The number of aromatic carboxylic acids is 1. The number of amides is 1. The molecule has 0 aliphatic rings. The molecule has 7 nitrogen and oxygen atoms in total. The molecule has 2 rings (SSSR count). The molecule has 0 atom stereocenters. The highest BCUT2D eigenvalue weighted by Gasteiger charge is 2.11. The van der Waals surface area contributed by atoms with Crippen LogP contribution >= 0.6 is 0 Å². The van der Waals surface area contributed by atoms with Crippen molar-refractivity contribution >= 4 is 23.5 Å². The third-order valence-electron chi connectivity index (χ3n) is 2.86. The standard InChI is InChI=1S/C16H13NO6/c18-14(19)9-23-11-7-5-10(6-8-11)17-15(20)12-3-1-2-4-13(12)16(21)22/h1-8H,9H2,(H,17,20)(H,18,19)(H,21,22)/p-2. The number of carbonyl (C=O) groups is 3. The van der Waals surface area contributed by atoms with E-state index in [0.29, 0.717) is 11.4 Å². The van der Waals surface area contributed by atoms with Crippen LogP contribution in [0.3, 0.4) is 0 Å². The molecular weight excluding hydrogens is 302 g/mol. The number of carboxylic acid groups (broad SMARTS) is 2. The molecule has 0 saturated heterocycles. The zero-order valence-electron chi connectivity index (χ0n) is 11.8. The van der Waals surface area contributed by atoms with Gasteiger partial charge in [-0.05, 0) is 30.3 Å². The number of hydrogen-bond acceptors (Lipinski definition) is 6. The smallest absolute Gasteiger partial charge is 0.256 e. The van der Waals surface area contributed by atoms with Gasteiger partial charge in [0.2, 0.25) is 0 Å². The summed E-state index contributed by atoms with van der Waals surface area (Å²) < 4.78 is 4.90. The Kier molecular flexibility index (Phi) is 4.93. The van der Waals surface area contributed by atoms with E-state index in [1.165, 1.54) is 48.5 Å². The van der Waals surface area contributed by atoms with E-state index in [1.807, 2.05) is 0 Å². The predicted octanol–water partition coefficient (Wildman–Crippen LogP) is -0.569. The molecule has 118 valence electrons. The Morgan fingerprint density at radius 3 is 2.09 bits per heavy atom. The second-order valence-electron chi connectivity index (χ2n) is 4.47. The van der Waals surface area contributed by atoms with Gasteiger partial charge in [0.05, 0.1) is 11.9 Å². The average Bonchev–Trinajstić information content (AvgIpc) is 2.54. The first-order chi connectivity index (χ1) is 11.0. The van der Waals surface area contributed by atoms with Crippen molar-refractivity contribution in [3.63, 3.8) is 0 Å². The Morgan fingerprint density at radius 1 is 0.913 bits per heavy atom. The lowest BCUT2D eigenvalue weighted by Gasteiger charge is -2.11. The molecule has 23 heavy (non-hydrogen) atoms. The average molecular weight is 313 g/mol. The fourth-order valence-corrected chi connectivity index (χ4v) is 1.83. The van der Waals surface area contributed by atoms with E-state index in [0.717, 1.165) is 0 Å². The summed E-state index contributed by atoms with van der Waals surface area (Å²) >= 11 is 0. The van der Waals surface area contributed by atoms with Crippen LogP contribution in [0.2, 0.25) is 0 Å². The molecule has 2 aromatic carbocycles. The molecule has 0 heterocycles. The largest absolute Gasteiger partial charge is 0.546 e. The van der Waals surface area contributed by atoms with Crippen molar-refractivity contribution in [2.45, 2.75) is 0 Å². The van der Waals surface area contributed by atoms with Crippen LogP contribution in [0.15, 0.2) is 48.5 Å². The Bertz CT molecular complexity index is 738. The highest BCUT2D eigenvalue weighted by atomic mass is 16.5. The Hall–Kier alpha value is -3.35. The van der Waals surface area contributed by atoms with Crippen LogP contribution in [0.1, 0.15) is 20.7 Å². The number of carbonyl (C=O) groups excluding carboxylic acids is 3. The number of rotatable bonds is 6. The molecular formula is C16H11NO6-2. The van der Waals surface area contributed by atoms with Gasteiger partial charge in [-0.3, -0.25) is 4.79 Å². The minimum Gasteiger partial charge on any atom is -0.546 e. The summed E-state index contributed by atoms with van der Waals surface area (Å²) in [4.78, 5) is 33.4. The molecule has 1 amide bonds. The van der Waals surface area contributed by atoms with Crippen molar-refractivity contribution in [2.24, 2.45) is 0 Å². The number of hydrogen-bond donors (Lipinski definition) is 1. The van der Waals surface area contributed by atoms with Gasteiger partial charge in [-0.2, -0.15) is 0 Å². The van der Waals surface area contributed by atoms with Gasteiger partial charge >= 0.3 is 0 Å². The van der Waals surface area contributed by atoms with E-state index in [9.17, 15) is 24.6 Å². The van der Waals surface area contributed by atoms with Gasteiger partial charge in [0.1, 0.15) is 12.4 Å². The summed E-state index contributed by atoms with van der Waals surface area (Å²) in [6.45, 7) is -0.579. The predicted molar refractivity (Wildman–Crippen MR) is 75.7 cm³/mol. The van der Waals surface area contributed by atoms with Crippen molar-refractivity contribution in [3.8, 4) is 5.75 Å². The molecule has 0 aromatic heterocycles. The molecule has 0 saturated carbocycles. The number of benzene rings is 2. The number of aliphatic carboxylic acids is 1. The Labute approximate surface area is 131 Å². The molecule has 0 aliphatic carbocycles. The normalized spacial score (nSPS) is 9.91. The minimum absolute atomic E-state index is 0.0234. The van der Waals surface area contributed by atoms with Gasteiger partial charge in [-0.15, -0.1) is 0 Å². The van der Waals surface area contributed by atoms with Crippen LogP contribution in [-0.2, 0) is 4.79 Å². The summed E-state index contributed by atoms with van der Waals surface area (Å²) in [6.07, 6.45) is 0. The van der Waals surface area contributed by atoms with Gasteiger partial charge in [0.25, 0.3) is 5.91 Å². The molecule has 0 spiro atoms. The number of nitrogens with one attached hydrogen (secondary N) is 1. The zero-order chi connectivity index (χ0) is 16.8. The first kappa shape index (κ1) is 16.0. The van der Waals surface area contributed by atoms with Crippen molar-refractivity contribution in [2.75, 3.05) is 11.9 Å². The van der Waals surface area contributed by atoms with Gasteiger partial charge in [0.15, 0.2) is 0 Å². The summed E-state index contributed by atoms with van der Waals surface area (Å²) in [5.74, 6) is -3.10. The van der Waals surface area contributed by atoms with E-state index in [1.54, 1.807) is 0 Å². The van der Waals surface area contributed by atoms with Crippen LogP contribution in [0.5, 0.6) is 5.75 Å². The number of anilines is 1. The Morgan fingerprint density at radius 2 is 1.52 bits per heavy atom. The lowest BCUT2D eigenvalue weighted by molar-refractivity contribution is -0.307. The van der Waals surface area contributed by atoms with Crippen LogP contribution in [0.4, 0.5) is 5.69 Å². The second-order valence-corrected chi connectivity index (χ2v) is 4.47. The van der Waals surface area contributed by atoms with Crippen LogP contribution < -0.4 is 20.3 Å². The SMILES string of the molecule is O=C([O-])COc1ccc(NC(=O)c2ccccc2C(=O)[O-])cc1. The first-order valence-electron chi connectivity index (χ1n) is 6.52. The van der Waals surface area contributed by atoms with Crippen molar-refractivity contribution < 1.29 is 29.3 Å². The highest BCUT2D eigenvalue weighted by Crippen LogP contribution is 2.17. The topological polar surface area (TPSA) is 119 Å². The summed E-state index contributed by atoms with van der Waals surface area (Å²) in [5.41, 5.74) is 0.160. The lowest BCUT2D eigenvalue weighted by Crippen LogP contribution is -2.28. The van der Waals surface area contributed by atoms with Crippen LogP contribution in [-0.4, -0.2) is 24.5 Å². The van der Waals surface area contributed by atoms with Gasteiger partial charge in [-0.1, -0.05) is 18.2 Å². The maximum Gasteiger partial charge on any atom is 0.256 e. The van der Waals surface area contributed by atoms with E-state index in [-0.39, 0.29) is 11.1 Å². The van der Waals surface area contributed by atoms with Crippen molar-refractivity contribution in [1.29, 1.82) is 0 Å². The third kappa shape index (κ3) is 4.31. The molecule has 1 N–H and O–H groups in total. The monoisotopic (exact) mass is 313 g/mol. The fourth-order valence-electron chi connectivity index (χ4n) is 1.83. The highest BCUT2D eigenvalue weighted by molar-refractivity contribution is 6.10. The van der Waals surface area contributed by atoms with E-state index in [4.69, 9.17) is 4.74 Å². The maximum absolute atomic E-state index is 12.1. The number of ether oxygens (including phenoxy) is 1. The minimum atomic E-state index is -1.44.